The van der Waals surface area contributed by atoms with Gasteiger partial charge in [0.05, 0.1) is 11.4 Å². The highest BCUT2D eigenvalue weighted by molar-refractivity contribution is 6.52. The fraction of sp³-hybridized carbons (Fsp3) is 0.156. The lowest BCUT2D eigenvalue weighted by molar-refractivity contribution is 0.0931. The SMILES string of the molecule is Cc1ccc(C(=O)C2=Nc3ccc(C)cc3C3(c4ccc(C)cc4)C(=O)c4cc(C)ccc4N23)cc1. The predicted molar refractivity (Wildman–Crippen MR) is 144 cm³/mol. The van der Waals surface area contributed by atoms with Crippen LogP contribution in [0.15, 0.2) is 89.9 Å². The number of Topliss-reactive ketones (excluding diaryl/α,β-unsaturated/α-hetero) is 2. The van der Waals surface area contributed by atoms with Crippen LogP contribution in [0.25, 0.3) is 0 Å². The van der Waals surface area contributed by atoms with Gasteiger partial charge in [-0.05, 0) is 51.5 Å². The van der Waals surface area contributed by atoms with Gasteiger partial charge >= 0.3 is 0 Å². The number of amidine groups is 1. The maximum atomic E-state index is 14.6. The minimum absolute atomic E-state index is 0.0407. The van der Waals surface area contributed by atoms with E-state index in [2.05, 4.69) is 0 Å². The van der Waals surface area contributed by atoms with Gasteiger partial charge in [0.1, 0.15) is 0 Å². The maximum Gasteiger partial charge on any atom is 0.228 e. The van der Waals surface area contributed by atoms with Gasteiger partial charge in [-0.1, -0.05) is 89.0 Å². The van der Waals surface area contributed by atoms with E-state index in [1.807, 2.05) is 118 Å². The van der Waals surface area contributed by atoms with Crippen LogP contribution in [-0.4, -0.2) is 17.4 Å². The van der Waals surface area contributed by atoms with E-state index >= 15 is 0 Å². The normalized spacial score (nSPS) is 17.8. The fourth-order valence-electron chi connectivity index (χ4n) is 5.42. The van der Waals surface area contributed by atoms with Crippen LogP contribution < -0.4 is 4.90 Å². The highest BCUT2D eigenvalue weighted by Gasteiger charge is 2.59. The van der Waals surface area contributed by atoms with Crippen molar-refractivity contribution in [3.63, 3.8) is 0 Å². The molecule has 4 nitrogen and oxygen atoms in total. The van der Waals surface area contributed by atoms with Crippen LogP contribution >= 0.6 is 0 Å². The molecule has 0 amide bonds. The van der Waals surface area contributed by atoms with Crippen LogP contribution in [0.1, 0.15) is 54.1 Å². The summed E-state index contributed by atoms with van der Waals surface area (Å²) in [6.07, 6.45) is 0. The number of rotatable bonds is 3. The molecule has 0 bridgehead atoms. The molecular formula is C32H26N2O2. The molecule has 1 unspecified atom stereocenters. The highest BCUT2D eigenvalue weighted by atomic mass is 16.1. The Kier molecular flexibility index (Phi) is 4.84. The van der Waals surface area contributed by atoms with Crippen LogP contribution in [0.2, 0.25) is 0 Å². The third-order valence-corrected chi connectivity index (χ3v) is 7.27. The second-order valence-corrected chi connectivity index (χ2v) is 9.91. The Morgan fingerprint density at radius 1 is 0.722 bits per heavy atom. The maximum absolute atomic E-state index is 14.6. The summed E-state index contributed by atoms with van der Waals surface area (Å²) in [4.78, 5) is 35.5. The monoisotopic (exact) mass is 470 g/mol. The van der Waals surface area contributed by atoms with Crippen molar-refractivity contribution in [2.75, 3.05) is 4.90 Å². The Bertz CT molecular complexity index is 1600. The van der Waals surface area contributed by atoms with Crippen molar-refractivity contribution in [2.24, 2.45) is 4.99 Å². The van der Waals surface area contributed by atoms with Gasteiger partial charge in [0.25, 0.3) is 0 Å². The zero-order valence-corrected chi connectivity index (χ0v) is 20.8. The van der Waals surface area contributed by atoms with Gasteiger partial charge in [-0.25, -0.2) is 4.99 Å². The van der Waals surface area contributed by atoms with Crippen molar-refractivity contribution < 1.29 is 9.59 Å². The van der Waals surface area contributed by atoms with Crippen LogP contribution in [0.5, 0.6) is 0 Å². The lowest BCUT2D eigenvalue weighted by Crippen LogP contribution is -2.55. The first-order valence-corrected chi connectivity index (χ1v) is 12.1. The lowest BCUT2D eigenvalue weighted by atomic mass is 9.76. The van der Waals surface area contributed by atoms with E-state index in [0.717, 1.165) is 33.4 Å². The summed E-state index contributed by atoms with van der Waals surface area (Å²) in [7, 11) is 0. The molecule has 6 rings (SSSR count). The molecule has 0 fully saturated rings. The molecular weight excluding hydrogens is 444 g/mol. The van der Waals surface area contributed by atoms with Gasteiger partial charge < -0.3 is 4.90 Å². The topological polar surface area (TPSA) is 49.7 Å². The summed E-state index contributed by atoms with van der Waals surface area (Å²) < 4.78 is 0. The Labute approximate surface area is 210 Å². The minimum Gasteiger partial charge on any atom is -0.300 e. The molecule has 0 saturated heterocycles. The number of hydrogen-bond donors (Lipinski definition) is 0. The zero-order valence-electron chi connectivity index (χ0n) is 20.8. The number of aryl methyl sites for hydroxylation is 4. The van der Waals surface area contributed by atoms with E-state index < -0.39 is 5.54 Å². The second-order valence-electron chi connectivity index (χ2n) is 9.91. The third-order valence-electron chi connectivity index (χ3n) is 7.27. The minimum atomic E-state index is -1.22. The second kappa shape index (κ2) is 7.85. The third kappa shape index (κ3) is 3.04. The van der Waals surface area contributed by atoms with Gasteiger partial charge in [-0.2, -0.15) is 0 Å². The van der Waals surface area contributed by atoms with Crippen LogP contribution in [0, 0.1) is 27.7 Å². The first-order valence-electron chi connectivity index (χ1n) is 12.1. The summed E-state index contributed by atoms with van der Waals surface area (Å²) >= 11 is 0. The molecule has 2 heterocycles. The molecule has 176 valence electrons. The molecule has 0 saturated carbocycles. The highest BCUT2D eigenvalue weighted by Crippen LogP contribution is 2.54. The van der Waals surface area contributed by atoms with Crippen LogP contribution in [-0.2, 0) is 5.54 Å². The fourth-order valence-corrected chi connectivity index (χ4v) is 5.42. The number of aliphatic imine (C=N–C) groups is 1. The first-order chi connectivity index (χ1) is 17.3. The lowest BCUT2D eigenvalue weighted by Gasteiger charge is -2.43. The molecule has 0 aliphatic carbocycles. The van der Waals surface area contributed by atoms with E-state index in [1.165, 1.54) is 0 Å². The van der Waals surface area contributed by atoms with Crippen molar-refractivity contribution in [1.82, 2.24) is 0 Å². The van der Waals surface area contributed by atoms with Crippen LogP contribution in [0.4, 0.5) is 11.4 Å². The summed E-state index contributed by atoms with van der Waals surface area (Å²) in [6, 6.07) is 27.3. The Balaban J connectivity index is 1.71. The molecule has 1 atom stereocenters. The molecule has 4 heteroatoms. The number of nitrogens with zero attached hydrogens (tertiary/aromatic N) is 2. The van der Waals surface area contributed by atoms with Gasteiger partial charge in [-0.3, -0.25) is 9.59 Å². The number of carbonyl (C=O) groups excluding carboxylic acids is 2. The molecule has 4 aromatic carbocycles. The molecule has 0 radical (unpaired) electrons. The quantitative estimate of drug-likeness (QED) is 0.310. The van der Waals surface area contributed by atoms with E-state index in [9.17, 15) is 9.59 Å². The van der Waals surface area contributed by atoms with Gasteiger partial charge in [0.2, 0.25) is 5.78 Å². The number of benzene rings is 4. The zero-order chi connectivity index (χ0) is 25.2. The number of carbonyl (C=O) groups is 2. The molecule has 2 aliphatic heterocycles. The molecule has 0 N–H and O–H groups in total. The summed E-state index contributed by atoms with van der Waals surface area (Å²) in [5.41, 5.74) is 7.10. The molecule has 36 heavy (non-hydrogen) atoms. The molecule has 0 spiro atoms. The van der Waals surface area contributed by atoms with E-state index in [-0.39, 0.29) is 17.4 Å². The number of hydrogen-bond acceptors (Lipinski definition) is 4. The average Bonchev–Trinajstić information content (AvgIpc) is 3.13. The Morgan fingerprint density at radius 2 is 1.31 bits per heavy atom. The van der Waals surface area contributed by atoms with E-state index in [1.54, 1.807) is 0 Å². The number of anilines is 1. The smallest absolute Gasteiger partial charge is 0.228 e. The molecule has 4 aromatic rings. The first kappa shape index (κ1) is 22.2. The number of fused-ring (bicyclic) bond motifs is 5. The van der Waals surface area contributed by atoms with Crippen LogP contribution in [0.3, 0.4) is 0 Å². The standard InChI is InChI=1S/C32H26N2O2/c1-19-5-11-23(12-6-19)29(35)31-33-27-15-9-22(4)18-26(27)32(24-13-7-20(2)8-14-24)30(36)25-17-21(3)10-16-28(25)34(31)32/h5-18H,1-4H3. The van der Waals surface area contributed by atoms with Crippen molar-refractivity contribution in [2.45, 2.75) is 33.2 Å². The average molecular weight is 471 g/mol. The van der Waals surface area contributed by atoms with Gasteiger partial charge in [-0.15, -0.1) is 0 Å². The largest absolute Gasteiger partial charge is 0.300 e. The number of ketones is 2. The predicted octanol–water partition coefficient (Wildman–Crippen LogP) is 6.79. The van der Waals surface area contributed by atoms with E-state index in [4.69, 9.17) is 4.99 Å². The Morgan fingerprint density at radius 3 is 2.00 bits per heavy atom. The van der Waals surface area contributed by atoms with Gasteiger partial charge in [0.15, 0.2) is 17.2 Å². The van der Waals surface area contributed by atoms with Crippen molar-refractivity contribution in [3.8, 4) is 0 Å². The molecule has 2 aliphatic rings. The van der Waals surface area contributed by atoms with Crippen molar-refractivity contribution in [3.05, 3.63) is 129 Å². The van der Waals surface area contributed by atoms with Crippen molar-refractivity contribution in [1.29, 1.82) is 0 Å². The summed E-state index contributed by atoms with van der Waals surface area (Å²) in [5.74, 6) is 0.00619. The van der Waals surface area contributed by atoms with Crippen molar-refractivity contribution >= 4 is 28.8 Å². The van der Waals surface area contributed by atoms with E-state index in [0.29, 0.717) is 22.5 Å². The summed E-state index contributed by atoms with van der Waals surface area (Å²) in [5, 5.41) is 0. The van der Waals surface area contributed by atoms with Gasteiger partial charge in [0, 0.05) is 16.7 Å². The Hall–Kier alpha value is -4.31. The molecule has 0 aromatic heterocycles. The summed E-state index contributed by atoms with van der Waals surface area (Å²) in [6.45, 7) is 8.01.